The largest absolute Gasteiger partial charge is 0.508 e. The summed E-state index contributed by atoms with van der Waals surface area (Å²) in [6.45, 7) is 1.89. The Morgan fingerprint density at radius 1 is 1.38 bits per heavy atom. The average Bonchev–Trinajstić information content (AvgIpc) is 3.03. The van der Waals surface area contributed by atoms with Crippen molar-refractivity contribution in [2.24, 2.45) is 0 Å². The monoisotopic (exact) mass is 354 g/mol. The number of nitrogens with two attached hydrogens (primary N) is 1. The number of hydrogen-bond donors (Lipinski definition) is 5. The van der Waals surface area contributed by atoms with E-state index in [0.29, 0.717) is 5.69 Å². The molecule has 3 aromatic rings. The van der Waals surface area contributed by atoms with E-state index in [9.17, 15) is 9.90 Å². The lowest BCUT2D eigenvalue weighted by Gasteiger charge is -2.12. The third-order valence-electron chi connectivity index (χ3n) is 3.71. The van der Waals surface area contributed by atoms with Crippen molar-refractivity contribution in [1.29, 1.82) is 5.41 Å². The Hall–Kier alpha value is -3.62. The molecule has 0 spiro atoms. The van der Waals surface area contributed by atoms with Crippen molar-refractivity contribution in [3.05, 3.63) is 41.9 Å². The summed E-state index contributed by atoms with van der Waals surface area (Å²) >= 11 is 0. The van der Waals surface area contributed by atoms with E-state index in [1.807, 2.05) is 0 Å². The summed E-state index contributed by atoms with van der Waals surface area (Å²) < 4.78 is 4.87. The van der Waals surface area contributed by atoms with Gasteiger partial charge in [0.2, 0.25) is 0 Å². The minimum Gasteiger partial charge on any atom is -0.508 e. The molecule has 0 aliphatic carbocycles. The van der Waals surface area contributed by atoms with Gasteiger partial charge in [0.1, 0.15) is 30.3 Å². The number of carbonyl (C=O) groups excluding carboxylic acids is 1. The molecule has 0 saturated carbocycles. The maximum absolute atomic E-state index is 11.6. The maximum atomic E-state index is 11.6. The van der Waals surface area contributed by atoms with Crippen LogP contribution in [0.5, 0.6) is 5.75 Å². The van der Waals surface area contributed by atoms with Crippen LogP contribution < -0.4 is 11.1 Å². The van der Waals surface area contributed by atoms with Gasteiger partial charge in [0, 0.05) is 10.9 Å². The summed E-state index contributed by atoms with van der Waals surface area (Å²) in [6, 6.07) is 6.58. The second kappa shape index (κ2) is 7.09. The molecule has 0 aliphatic heterocycles. The maximum Gasteiger partial charge on any atom is 0.325 e. The SMILES string of the molecule is CCOC(=O)CNc1ncnc(N)c1C(=N)c1cc2cc(O)ccc2[nH]1. The lowest BCUT2D eigenvalue weighted by molar-refractivity contribution is -0.140. The molecule has 2 aromatic heterocycles. The van der Waals surface area contributed by atoms with Gasteiger partial charge in [-0.2, -0.15) is 0 Å². The Bertz CT molecular complexity index is 982. The van der Waals surface area contributed by atoms with Crippen LogP contribution in [0.2, 0.25) is 0 Å². The van der Waals surface area contributed by atoms with Crippen LogP contribution >= 0.6 is 0 Å². The number of anilines is 2. The molecular weight excluding hydrogens is 336 g/mol. The number of nitrogens with zero attached hydrogens (tertiary/aromatic N) is 2. The summed E-state index contributed by atoms with van der Waals surface area (Å²) in [7, 11) is 0. The number of phenols is 1. The van der Waals surface area contributed by atoms with Crippen LogP contribution in [0, 0.1) is 5.41 Å². The lowest BCUT2D eigenvalue weighted by atomic mass is 10.1. The van der Waals surface area contributed by atoms with Crippen molar-refractivity contribution >= 4 is 34.2 Å². The first-order valence-electron chi connectivity index (χ1n) is 7.90. The van der Waals surface area contributed by atoms with Gasteiger partial charge < -0.3 is 25.9 Å². The molecule has 9 nitrogen and oxygen atoms in total. The predicted octanol–water partition coefficient (Wildman–Crippen LogP) is 1.64. The van der Waals surface area contributed by atoms with Gasteiger partial charge >= 0.3 is 5.97 Å². The van der Waals surface area contributed by atoms with Crippen LogP contribution in [0.3, 0.4) is 0 Å². The predicted molar refractivity (Wildman–Crippen MR) is 97.5 cm³/mol. The van der Waals surface area contributed by atoms with Gasteiger partial charge in [-0.1, -0.05) is 0 Å². The quantitative estimate of drug-likeness (QED) is 0.333. The molecular formula is C17H18N6O3. The second-order valence-corrected chi connectivity index (χ2v) is 5.47. The topological polar surface area (TPSA) is 150 Å². The minimum absolute atomic E-state index is 0.0603. The zero-order chi connectivity index (χ0) is 18.7. The van der Waals surface area contributed by atoms with Crippen molar-refractivity contribution in [2.75, 3.05) is 24.2 Å². The molecule has 0 bridgehead atoms. The number of ether oxygens (including phenoxy) is 1. The van der Waals surface area contributed by atoms with E-state index >= 15 is 0 Å². The third-order valence-corrected chi connectivity index (χ3v) is 3.71. The number of hydrogen-bond acceptors (Lipinski definition) is 8. The van der Waals surface area contributed by atoms with E-state index in [1.54, 1.807) is 31.2 Å². The first kappa shape index (κ1) is 17.2. The highest BCUT2D eigenvalue weighted by Gasteiger charge is 2.18. The number of fused-ring (bicyclic) bond motifs is 1. The number of esters is 1. The van der Waals surface area contributed by atoms with Crippen molar-refractivity contribution < 1.29 is 14.6 Å². The number of nitrogen functional groups attached to an aromatic ring is 1. The van der Waals surface area contributed by atoms with E-state index in [2.05, 4.69) is 20.3 Å². The highest BCUT2D eigenvalue weighted by atomic mass is 16.5. The normalized spacial score (nSPS) is 10.7. The van der Waals surface area contributed by atoms with E-state index in [4.69, 9.17) is 15.9 Å². The minimum atomic E-state index is -0.441. The third kappa shape index (κ3) is 3.41. The summed E-state index contributed by atoms with van der Waals surface area (Å²) in [4.78, 5) is 22.7. The average molecular weight is 354 g/mol. The summed E-state index contributed by atoms with van der Waals surface area (Å²) in [5.41, 5.74) is 7.51. The Balaban J connectivity index is 1.93. The van der Waals surface area contributed by atoms with Gasteiger partial charge in [-0.15, -0.1) is 0 Å². The van der Waals surface area contributed by atoms with Crippen molar-refractivity contribution in [2.45, 2.75) is 6.92 Å². The molecule has 2 heterocycles. The highest BCUT2D eigenvalue weighted by molar-refractivity contribution is 6.16. The summed E-state index contributed by atoms with van der Waals surface area (Å²) in [5.74, 6) is 0.0621. The molecule has 0 fully saturated rings. The molecule has 0 unspecified atom stereocenters. The van der Waals surface area contributed by atoms with Gasteiger partial charge in [-0.05, 0) is 31.2 Å². The smallest absolute Gasteiger partial charge is 0.325 e. The van der Waals surface area contributed by atoms with Gasteiger partial charge in [-0.3, -0.25) is 10.2 Å². The molecule has 26 heavy (non-hydrogen) atoms. The van der Waals surface area contributed by atoms with Gasteiger partial charge in [0.15, 0.2) is 0 Å². The Kier molecular flexibility index (Phi) is 4.70. The van der Waals surface area contributed by atoms with Crippen molar-refractivity contribution in [3.63, 3.8) is 0 Å². The summed E-state index contributed by atoms with van der Waals surface area (Å²) in [6.07, 6.45) is 1.25. The van der Waals surface area contributed by atoms with Gasteiger partial charge in [-0.25, -0.2) is 9.97 Å². The molecule has 6 N–H and O–H groups in total. The van der Waals surface area contributed by atoms with E-state index in [-0.39, 0.29) is 41.8 Å². The Morgan fingerprint density at radius 2 is 2.19 bits per heavy atom. The van der Waals surface area contributed by atoms with Crippen LogP contribution in [-0.4, -0.2) is 44.9 Å². The van der Waals surface area contributed by atoms with Crippen LogP contribution in [0.4, 0.5) is 11.6 Å². The molecule has 134 valence electrons. The molecule has 0 aliphatic rings. The van der Waals surface area contributed by atoms with Crippen LogP contribution in [0.1, 0.15) is 18.2 Å². The van der Waals surface area contributed by atoms with Crippen LogP contribution in [0.25, 0.3) is 10.9 Å². The molecule has 1 aromatic carbocycles. The van der Waals surface area contributed by atoms with Crippen molar-refractivity contribution in [1.82, 2.24) is 15.0 Å². The van der Waals surface area contributed by atoms with Crippen molar-refractivity contribution in [3.8, 4) is 5.75 Å². The molecule has 0 radical (unpaired) electrons. The number of rotatable bonds is 6. The molecule has 0 atom stereocenters. The number of carbonyl (C=O) groups is 1. The highest BCUT2D eigenvalue weighted by Crippen LogP contribution is 2.25. The fraction of sp³-hybridized carbons (Fsp3) is 0.176. The fourth-order valence-corrected chi connectivity index (χ4v) is 2.54. The zero-order valence-electron chi connectivity index (χ0n) is 14.0. The standard InChI is InChI=1S/C17H18N6O3/c1-2-26-13(25)7-20-17-14(16(19)21-8-22-17)15(18)12-6-9-5-10(24)3-4-11(9)23-12/h3-6,8,18,23-24H,2,7H2,1H3,(H3,19,20,21,22). The number of nitrogens with one attached hydrogen (secondary N) is 3. The second-order valence-electron chi connectivity index (χ2n) is 5.47. The van der Waals surface area contributed by atoms with Gasteiger partial charge in [0.05, 0.1) is 23.6 Å². The van der Waals surface area contributed by atoms with Crippen LogP contribution in [-0.2, 0) is 9.53 Å². The number of H-pyrrole nitrogens is 1. The first-order chi connectivity index (χ1) is 12.5. The number of aromatic hydroxyl groups is 1. The Morgan fingerprint density at radius 3 is 2.96 bits per heavy atom. The molecule has 9 heteroatoms. The Labute approximate surface area is 148 Å². The summed E-state index contributed by atoms with van der Waals surface area (Å²) in [5, 5.41) is 21.7. The van der Waals surface area contributed by atoms with E-state index in [1.165, 1.54) is 6.33 Å². The van der Waals surface area contributed by atoms with E-state index in [0.717, 1.165) is 10.9 Å². The van der Waals surface area contributed by atoms with Gasteiger partial charge in [0.25, 0.3) is 0 Å². The number of aromatic amines is 1. The number of aromatic nitrogens is 3. The fourth-order valence-electron chi connectivity index (χ4n) is 2.54. The van der Waals surface area contributed by atoms with E-state index < -0.39 is 5.97 Å². The number of phenolic OH excluding ortho intramolecular Hbond substituents is 1. The first-order valence-corrected chi connectivity index (χ1v) is 7.90. The zero-order valence-corrected chi connectivity index (χ0v) is 14.0. The van der Waals surface area contributed by atoms with Crippen LogP contribution in [0.15, 0.2) is 30.6 Å². The lowest BCUT2D eigenvalue weighted by Crippen LogP contribution is -2.20. The molecule has 3 rings (SSSR count). The molecule has 0 amide bonds. The molecule has 0 saturated heterocycles. The number of benzene rings is 1.